The van der Waals surface area contributed by atoms with Gasteiger partial charge < -0.3 is 9.05 Å². The third-order valence-electron chi connectivity index (χ3n) is 2.37. The summed E-state index contributed by atoms with van der Waals surface area (Å²) < 4.78 is 34.5. The molecule has 0 aromatic heterocycles. The lowest BCUT2D eigenvalue weighted by Crippen LogP contribution is -2.18. The first kappa shape index (κ1) is 17.2. The van der Waals surface area contributed by atoms with Crippen molar-refractivity contribution >= 4 is 29.2 Å². The number of benzene rings is 1. The standard InChI is InChI=1S/C11H14BrFNO5P/c1-3-18-20(17,19-4-2)11(12,13)9-7-5-6-8-10(9)14(15)16/h5-8H,3-4H2,1-2H3. The second-order valence-corrected chi connectivity index (χ2v) is 7.48. The maximum absolute atomic E-state index is 15.0. The lowest BCUT2D eigenvalue weighted by atomic mass is 10.2. The van der Waals surface area contributed by atoms with Gasteiger partial charge in [0.1, 0.15) is 0 Å². The van der Waals surface area contributed by atoms with E-state index in [1.165, 1.54) is 26.0 Å². The number of nitrogens with zero attached hydrogens (tertiary/aromatic N) is 1. The summed E-state index contributed by atoms with van der Waals surface area (Å²) in [5.74, 6) is 0. The van der Waals surface area contributed by atoms with Crippen LogP contribution in [0.25, 0.3) is 0 Å². The lowest BCUT2D eigenvalue weighted by molar-refractivity contribution is -0.385. The topological polar surface area (TPSA) is 78.7 Å². The van der Waals surface area contributed by atoms with Crippen molar-refractivity contribution in [1.82, 2.24) is 0 Å². The van der Waals surface area contributed by atoms with Gasteiger partial charge in [-0.25, -0.2) is 4.39 Å². The fraction of sp³-hybridized carbons (Fsp3) is 0.455. The fourth-order valence-electron chi connectivity index (χ4n) is 1.57. The first-order valence-electron chi connectivity index (χ1n) is 5.81. The number of rotatable bonds is 7. The summed E-state index contributed by atoms with van der Waals surface area (Å²) in [5.41, 5.74) is -0.915. The van der Waals surface area contributed by atoms with Gasteiger partial charge >= 0.3 is 7.60 Å². The minimum Gasteiger partial charge on any atom is -0.306 e. The molecule has 9 heteroatoms. The molecule has 0 amide bonds. The smallest absolute Gasteiger partial charge is 0.306 e. The molecule has 0 saturated carbocycles. The van der Waals surface area contributed by atoms with Crippen molar-refractivity contribution < 1.29 is 22.9 Å². The minimum absolute atomic E-state index is 0.0603. The van der Waals surface area contributed by atoms with Crippen LogP contribution < -0.4 is 0 Å². The van der Waals surface area contributed by atoms with Gasteiger partial charge in [-0.3, -0.25) is 14.7 Å². The molecule has 0 N–H and O–H groups in total. The average Bonchev–Trinajstić information content (AvgIpc) is 2.39. The van der Waals surface area contributed by atoms with E-state index in [1.807, 2.05) is 0 Å². The Morgan fingerprint density at radius 3 is 2.30 bits per heavy atom. The molecule has 0 aliphatic carbocycles. The molecule has 1 aromatic carbocycles. The maximum Gasteiger partial charge on any atom is 0.383 e. The number of nitro groups is 1. The molecular weight excluding hydrogens is 356 g/mol. The van der Waals surface area contributed by atoms with E-state index in [0.29, 0.717) is 0 Å². The molecule has 0 radical (unpaired) electrons. The summed E-state index contributed by atoms with van der Waals surface area (Å²) >= 11 is 2.65. The van der Waals surface area contributed by atoms with Crippen LogP contribution in [0.4, 0.5) is 10.1 Å². The van der Waals surface area contributed by atoms with E-state index in [1.54, 1.807) is 0 Å². The molecule has 1 aromatic rings. The quantitative estimate of drug-likeness (QED) is 0.309. The van der Waals surface area contributed by atoms with Crippen molar-refractivity contribution in [3.05, 3.63) is 39.9 Å². The first-order chi connectivity index (χ1) is 9.30. The molecular formula is C11H14BrFNO5P. The van der Waals surface area contributed by atoms with Crippen LogP contribution >= 0.6 is 23.5 Å². The van der Waals surface area contributed by atoms with E-state index < -0.39 is 28.1 Å². The van der Waals surface area contributed by atoms with Crippen LogP contribution in [0.1, 0.15) is 19.4 Å². The van der Waals surface area contributed by atoms with E-state index in [0.717, 1.165) is 12.1 Å². The molecule has 1 unspecified atom stereocenters. The monoisotopic (exact) mass is 369 g/mol. The Labute approximate surface area is 124 Å². The normalized spacial score (nSPS) is 14.8. The Balaban J connectivity index is 3.40. The van der Waals surface area contributed by atoms with Gasteiger partial charge in [-0.05, 0) is 35.8 Å². The van der Waals surface area contributed by atoms with Gasteiger partial charge in [-0.1, -0.05) is 12.1 Å². The van der Waals surface area contributed by atoms with Gasteiger partial charge in [-0.2, -0.15) is 0 Å². The van der Waals surface area contributed by atoms with Crippen LogP contribution in [-0.2, 0) is 17.9 Å². The summed E-state index contributed by atoms with van der Waals surface area (Å²) in [7, 11) is -4.27. The Hall–Kier alpha value is -0.820. The Morgan fingerprint density at radius 1 is 1.35 bits per heavy atom. The zero-order chi connectivity index (χ0) is 15.4. The van der Waals surface area contributed by atoms with Gasteiger partial charge in [-0.15, -0.1) is 0 Å². The fourth-order valence-corrected chi connectivity index (χ4v) is 4.09. The van der Waals surface area contributed by atoms with Crippen molar-refractivity contribution in [2.45, 2.75) is 18.2 Å². The second-order valence-electron chi connectivity index (χ2n) is 3.65. The van der Waals surface area contributed by atoms with Gasteiger partial charge in [0.05, 0.1) is 23.7 Å². The van der Waals surface area contributed by atoms with E-state index in [4.69, 9.17) is 9.05 Å². The van der Waals surface area contributed by atoms with Crippen LogP contribution in [0.2, 0.25) is 0 Å². The van der Waals surface area contributed by atoms with Crippen molar-refractivity contribution in [3.8, 4) is 0 Å². The van der Waals surface area contributed by atoms with Gasteiger partial charge in [0, 0.05) is 6.07 Å². The summed E-state index contributed by atoms with van der Waals surface area (Å²) in [6, 6.07) is 5.07. The second kappa shape index (κ2) is 6.76. The number of nitro benzene ring substituents is 1. The highest BCUT2D eigenvalue weighted by molar-refractivity contribution is 9.10. The SMILES string of the molecule is CCOP(=O)(OCC)C(F)(Br)c1ccccc1[N+](=O)[O-]. The zero-order valence-corrected chi connectivity index (χ0v) is 13.4. The Kier molecular flexibility index (Phi) is 5.82. The highest BCUT2D eigenvalue weighted by Crippen LogP contribution is 2.70. The predicted molar refractivity (Wildman–Crippen MR) is 75.7 cm³/mol. The van der Waals surface area contributed by atoms with Crippen LogP contribution in [0, 0.1) is 10.1 Å². The van der Waals surface area contributed by atoms with Crippen molar-refractivity contribution in [2.24, 2.45) is 0 Å². The molecule has 1 rings (SSSR count). The lowest BCUT2D eigenvalue weighted by Gasteiger charge is -2.27. The Morgan fingerprint density at radius 2 is 1.85 bits per heavy atom. The molecule has 1 atom stereocenters. The molecule has 0 fully saturated rings. The maximum atomic E-state index is 15.0. The van der Waals surface area contributed by atoms with E-state index in [2.05, 4.69) is 15.9 Å². The average molecular weight is 370 g/mol. The molecule has 0 aliphatic rings. The number of hydrogen-bond acceptors (Lipinski definition) is 5. The van der Waals surface area contributed by atoms with Crippen LogP contribution in [-0.4, -0.2) is 18.1 Å². The highest BCUT2D eigenvalue weighted by atomic mass is 79.9. The minimum atomic E-state index is -4.27. The molecule has 0 heterocycles. The molecule has 20 heavy (non-hydrogen) atoms. The molecule has 0 spiro atoms. The highest BCUT2D eigenvalue weighted by Gasteiger charge is 2.54. The summed E-state index contributed by atoms with van der Waals surface area (Å²) in [4.78, 5) is 10.2. The van der Waals surface area contributed by atoms with Gasteiger partial charge in [0.25, 0.3) is 10.0 Å². The van der Waals surface area contributed by atoms with Crippen LogP contribution in [0.15, 0.2) is 24.3 Å². The zero-order valence-electron chi connectivity index (χ0n) is 10.9. The first-order valence-corrected chi connectivity index (χ1v) is 8.14. The molecule has 0 aliphatic heterocycles. The van der Waals surface area contributed by atoms with Crippen LogP contribution in [0.5, 0.6) is 0 Å². The van der Waals surface area contributed by atoms with E-state index >= 15 is 0 Å². The third-order valence-corrected chi connectivity index (χ3v) is 6.22. The molecule has 112 valence electrons. The van der Waals surface area contributed by atoms with Crippen LogP contribution in [0.3, 0.4) is 0 Å². The van der Waals surface area contributed by atoms with Crippen molar-refractivity contribution in [3.63, 3.8) is 0 Å². The molecule has 0 bridgehead atoms. The third kappa shape index (κ3) is 3.25. The van der Waals surface area contributed by atoms with Crippen molar-refractivity contribution in [2.75, 3.05) is 13.2 Å². The summed E-state index contributed by atoms with van der Waals surface area (Å²) in [6.45, 7) is 2.92. The predicted octanol–water partition coefficient (Wildman–Crippen LogP) is 4.34. The number of para-hydroxylation sites is 1. The van der Waals surface area contributed by atoms with Gasteiger partial charge in [0.15, 0.2) is 0 Å². The molecule has 0 saturated heterocycles. The summed E-state index contributed by atoms with van der Waals surface area (Å²) in [6.07, 6.45) is 0. The van der Waals surface area contributed by atoms with Gasteiger partial charge in [0.2, 0.25) is 0 Å². The van der Waals surface area contributed by atoms with E-state index in [-0.39, 0.29) is 13.2 Å². The number of halogens is 2. The number of alkyl halides is 2. The Bertz CT molecular complexity index is 529. The number of hydrogen-bond donors (Lipinski definition) is 0. The van der Waals surface area contributed by atoms with Crippen molar-refractivity contribution in [1.29, 1.82) is 0 Å². The summed E-state index contributed by atoms with van der Waals surface area (Å²) in [5, 5.41) is 11.0. The largest absolute Gasteiger partial charge is 0.383 e. The molecule has 6 nitrogen and oxygen atoms in total. The van der Waals surface area contributed by atoms with E-state index in [9.17, 15) is 19.1 Å².